The zero-order chi connectivity index (χ0) is 15.0. The number of alkyl halides is 3. The van der Waals surface area contributed by atoms with E-state index in [2.05, 4.69) is 4.90 Å². The molecular formula is C17H16F3N. The molecule has 0 amide bonds. The largest absolute Gasteiger partial charge is 0.416 e. The third-order valence-electron chi connectivity index (χ3n) is 4.09. The van der Waals surface area contributed by atoms with Crippen LogP contribution in [0.5, 0.6) is 0 Å². The fraction of sp³-hybridized carbons (Fsp3) is 0.294. The molecule has 1 aliphatic heterocycles. The molecule has 1 heterocycles. The molecule has 0 spiro atoms. The molecule has 1 atom stereocenters. The van der Waals surface area contributed by atoms with Crippen LogP contribution in [0.3, 0.4) is 0 Å². The van der Waals surface area contributed by atoms with Crippen LogP contribution in [0.4, 0.5) is 18.9 Å². The second-order valence-electron chi connectivity index (χ2n) is 5.44. The Morgan fingerprint density at radius 3 is 2.57 bits per heavy atom. The average Bonchev–Trinajstić information content (AvgIpc) is 2.47. The van der Waals surface area contributed by atoms with Gasteiger partial charge in [0.2, 0.25) is 0 Å². The van der Waals surface area contributed by atoms with Crippen LogP contribution in [-0.2, 0) is 6.18 Å². The van der Waals surface area contributed by atoms with Crippen LogP contribution in [0.15, 0.2) is 48.5 Å². The first kappa shape index (κ1) is 14.0. The van der Waals surface area contributed by atoms with Gasteiger partial charge in [0.05, 0.1) is 5.56 Å². The summed E-state index contributed by atoms with van der Waals surface area (Å²) in [7, 11) is 2.02. The van der Waals surface area contributed by atoms with E-state index < -0.39 is 11.7 Å². The van der Waals surface area contributed by atoms with Crippen molar-refractivity contribution in [1.29, 1.82) is 0 Å². The minimum Gasteiger partial charge on any atom is -0.374 e. The summed E-state index contributed by atoms with van der Waals surface area (Å²) in [6, 6.07) is 13.6. The predicted octanol–water partition coefficient (Wildman–Crippen LogP) is 4.68. The van der Waals surface area contributed by atoms with E-state index in [-0.39, 0.29) is 5.92 Å². The van der Waals surface area contributed by atoms with Gasteiger partial charge in [-0.25, -0.2) is 0 Å². The highest BCUT2D eigenvalue weighted by Gasteiger charge is 2.32. The number of hydrogen-bond acceptors (Lipinski definition) is 1. The molecule has 1 aliphatic rings. The number of anilines is 1. The van der Waals surface area contributed by atoms with Crippen molar-refractivity contribution < 1.29 is 13.2 Å². The van der Waals surface area contributed by atoms with Crippen molar-refractivity contribution in [3.05, 3.63) is 65.2 Å². The summed E-state index contributed by atoms with van der Waals surface area (Å²) in [5, 5.41) is 0. The summed E-state index contributed by atoms with van der Waals surface area (Å²) in [5.74, 6) is 0.0275. The highest BCUT2D eigenvalue weighted by Crippen LogP contribution is 2.40. The van der Waals surface area contributed by atoms with Gasteiger partial charge >= 0.3 is 6.18 Å². The number of nitrogens with zero attached hydrogens (tertiary/aromatic N) is 1. The molecule has 0 N–H and O–H groups in total. The van der Waals surface area contributed by atoms with Crippen molar-refractivity contribution in [1.82, 2.24) is 0 Å². The van der Waals surface area contributed by atoms with Gasteiger partial charge in [-0.15, -0.1) is 0 Å². The number of para-hydroxylation sites is 1. The molecule has 0 saturated carbocycles. The SMILES string of the molecule is CN1CCC(c2cccc(C(F)(F)F)c2)c2ccccc21. The number of hydrogen-bond donors (Lipinski definition) is 0. The van der Waals surface area contributed by atoms with Crippen LogP contribution in [-0.4, -0.2) is 13.6 Å². The van der Waals surface area contributed by atoms with E-state index in [1.165, 1.54) is 12.1 Å². The van der Waals surface area contributed by atoms with Crippen LogP contribution < -0.4 is 4.90 Å². The van der Waals surface area contributed by atoms with Crippen molar-refractivity contribution >= 4 is 5.69 Å². The number of rotatable bonds is 1. The molecule has 2 aromatic carbocycles. The van der Waals surface area contributed by atoms with Gasteiger partial charge in [0.15, 0.2) is 0 Å². The normalized spacial score (nSPS) is 18.5. The van der Waals surface area contributed by atoms with E-state index >= 15 is 0 Å². The Kier molecular flexibility index (Phi) is 3.40. The molecule has 0 bridgehead atoms. The monoisotopic (exact) mass is 291 g/mol. The lowest BCUT2D eigenvalue weighted by molar-refractivity contribution is -0.137. The van der Waals surface area contributed by atoms with E-state index in [1.54, 1.807) is 6.07 Å². The minimum atomic E-state index is -4.29. The lowest BCUT2D eigenvalue weighted by atomic mass is 9.84. The van der Waals surface area contributed by atoms with Crippen LogP contribution in [0.1, 0.15) is 29.0 Å². The van der Waals surface area contributed by atoms with Gasteiger partial charge < -0.3 is 4.90 Å². The van der Waals surface area contributed by atoms with Crippen molar-refractivity contribution in [3.63, 3.8) is 0 Å². The first-order valence-corrected chi connectivity index (χ1v) is 6.94. The Balaban J connectivity index is 2.04. The van der Waals surface area contributed by atoms with Gasteiger partial charge in [-0.1, -0.05) is 36.4 Å². The summed E-state index contributed by atoms with van der Waals surface area (Å²) in [4.78, 5) is 2.15. The molecule has 4 heteroatoms. The Morgan fingerprint density at radius 1 is 1.05 bits per heavy atom. The molecule has 3 rings (SSSR count). The van der Waals surface area contributed by atoms with Crippen LogP contribution >= 0.6 is 0 Å². The molecule has 1 unspecified atom stereocenters. The lowest BCUT2D eigenvalue weighted by Gasteiger charge is -2.33. The summed E-state index contributed by atoms with van der Waals surface area (Å²) in [5.41, 5.74) is 2.37. The van der Waals surface area contributed by atoms with Crippen LogP contribution in [0.25, 0.3) is 0 Å². The summed E-state index contributed by atoms with van der Waals surface area (Å²) in [6.45, 7) is 0.845. The molecule has 1 nitrogen and oxygen atoms in total. The molecule has 0 radical (unpaired) electrons. The van der Waals surface area contributed by atoms with Crippen molar-refractivity contribution in [2.75, 3.05) is 18.5 Å². The predicted molar refractivity (Wildman–Crippen MR) is 77.6 cm³/mol. The molecule has 21 heavy (non-hydrogen) atoms. The Hall–Kier alpha value is -1.97. The maximum atomic E-state index is 12.9. The number of halogens is 3. The van der Waals surface area contributed by atoms with E-state index in [0.717, 1.165) is 35.8 Å². The third kappa shape index (κ3) is 2.62. The van der Waals surface area contributed by atoms with Crippen LogP contribution in [0, 0.1) is 0 Å². The van der Waals surface area contributed by atoms with E-state index in [9.17, 15) is 13.2 Å². The van der Waals surface area contributed by atoms with E-state index in [1.807, 2.05) is 31.3 Å². The second-order valence-corrected chi connectivity index (χ2v) is 5.44. The Morgan fingerprint density at radius 2 is 1.81 bits per heavy atom. The maximum Gasteiger partial charge on any atom is 0.416 e. The summed E-state index contributed by atoms with van der Waals surface area (Å²) in [6.07, 6.45) is -3.46. The standard InChI is InChI=1S/C17H16F3N/c1-21-10-9-14(15-7-2-3-8-16(15)21)12-5-4-6-13(11-12)17(18,19)20/h2-8,11,14H,9-10H2,1H3. The van der Waals surface area contributed by atoms with Crippen LogP contribution in [0.2, 0.25) is 0 Å². The lowest BCUT2D eigenvalue weighted by Crippen LogP contribution is -2.27. The summed E-state index contributed by atoms with van der Waals surface area (Å²) >= 11 is 0. The zero-order valence-electron chi connectivity index (χ0n) is 11.7. The van der Waals surface area contributed by atoms with Crippen molar-refractivity contribution in [2.45, 2.75) is 18.5 Å². The quantitative estimate of drug-likeness (QED) is 0.737. The number of fused-ring (bicyclic) bond motifs is 1. The van der Waals surface area contributed by atoms with Gasteiger partial charge in [0, 0.05) is 25.2 Å². The van der Waals surface area contributed by atoms with Gasteiger partial charge in [0.25, 0.3) is 0 Å². The molecule has 0 aliphatic carbocycles. The zero-order valence-corrected chi connectivity index (χ0v) is 11.7. The van der Waals surface area contributed by atoms with Gasteiger partial charge in [-0.2, -0.15) is 13.2 Å². The van der Waals surface area contributed by atoms with Gasteiger partial charge in [-0.05, 0) is 29.7 Å². The maximum absolute atomic E-state index is 12.9. The highest BCUT2D eigenvalue weighted by molar-refractivity contribution is 5.59. The third-order valence-corrected chi connectivity index (χ3v) is 4.09. The van der Waals surface area contributed by atoms with Crippen molar-refractivity contribution in [3.8, 4) is 0 Å². The molecule has 0 aromatic heterocycles. The first-order valence-electron chi connectivity index (χ1n) is 6.94. The van der Waals surface area contributed by atoms with E-state index in [0.29, 0.717) is 0 Å². The fourth-order valence-corrected chi connectivity index (χ4v) is 3.01. The second kappa shape index (κ2) is 5.10. The van der Waals surface area contributed by atoms with Crippen molar-refractivity contribution in [2.24, 2.45) is 0 Å². The smallest absolute Gasteiger partial charge is 0.374 e. The van der Waals surface area contributed by atoms with Gasteiger partial charge in [-0.3, -0.25) is 0 Å². The topological polar surface area (TPSA) is 3.24 Å². The molecule has 0 fully saturated rings. The molecular weight excluding hydrogens is 275 g/mol. The highest BCUT2D eigenvalue weighted by atomic mass is 19.4. The molecule has 110 valence electrons. The minimum absolute atomic E-state index is 0.0275. The fourth-order valence-electron chi connectivity index (χ4n) is 3.01. The first-order chi connectivity index (χ1) is 9.97. The van der Waals surface area contributed by atoms with Gasteiger partial charge in [0.1, 0.15) is 0 Å². The number of benzene rings is 2. The summed E-state index contributed by atoms with van der Waals surface area (Å²) < 4.78 is 38.7. The van der Waals surface area contributed by atoms with E-state index in [4.69, 9.17) is 0 Å². The molecule has 0 saturated heterocycles. The Labute approximate surface area is 122 Å². The Bertz CT molecular complexity index is 648. The molecule has 2 aromatic rings. The average molecular weight is 291 g/mol.